The maximum Gasteiger partial charge on any atom is 0.321 e. The van der Waals surface area contributed by atoms with Crippen molar-refractivity contribution in [3.05, 3.63) is 41.7 Å². The molecule has 1 fully saturated rings. The van der Waals surface area contributed by atoms with Crippen LogP contribution in [0.15, 0.2) is 35.5 Å². The van der Waals surface area contributed by atoms with E-state index in [2.05, 4.69) is 20.8 Å². The topological polar surface area (TPSA) is 141 Å². The van der Waals surface area contributed by atoms with E-state index in [0.29, 0.717) is 36.2 Å². The van der Waals surface area contributed by atoms with Crippen LogP contribution in [0, 0.1) is 0 Å². The lowest BCUT2D eigenvalue weighted by atomic mass is 10.2. The molecule has 4 amide bonds. The van der Waals surface area contributed by atoms with Gasteiger partial charge in [-0.3, -0.25) is 14.9 Å². The molecule has 0 spiro atoms. The minimum atomic E-state index is -0.529. The summed E-state index contributed by atoms with van der Waals surface area (Å²) in [6, 6.07) is 8.92. The number of carbonyl (C=O) groups is 3. The van der Waals surface area contributed by atoms with E-state index in [0.717, 1.165) is 25.0 Å². The number of aromatic nitrogens is 3. The van der Waals surface area contributed by atoms with Crippen LogP contribution in [0.2, 0.25) is 0 Å². The quantitative estimate of drug-likeness (QED) is 0.430. The van der Waals surface area contributed by atoms with Gasteiger partial charge in [0, 0.05) is 38.2 Å². The number of nitrogens with one attached hydrogen (secondary N) is 2. The zero-order chi connectivity index (χ0) is 22.8. The SMILES string of the molecule is NC(=O)CCc1nnc(SCCC(=O)NC(=O)NCc2ccccc2)n1CC1CCCO1. The monoisotopic (exact) mass is 460 g/mol. The molecule has 1 aromatic carbocycles. The predicted octanol–water partition coefficient (Wildman–Crippen LogP) is 1.38. The van der Waals surface area contributed by atoms with Gasteiger partial charge in [0.2, 0.25) is 11.8 Å². The lowest BCUT2D eigenvalue weighted by Gasteiger charge is -2.14. The summed E-state index contributed by atoms with van der Waals surface area (Å²) in [6.07, 6.45) is 2.78. The molecule has 2 aromatic rings. The zero-order valence-electron chi connectivity index (χ0n) is 17.8. The fourth-order valence-electron chi connectivity index (χ4n) is 3.27. The smallest absolute Gasteiger partial charge is 0.321 e. The van der Waals surface area contributed by atoms with Crippen molar-refractivity contribution < 1.29 is 19.1 Å². The first-order valence-corrected chi connectivity index (χ1v) is 11.6. The van der Waals surface area contributed by atoms with Crippen molar-refractivity contribution in [2.45, 2.75) is 56.5 Å². The van der Waals surface area contributed by atoms with Crippen LogP contribution in [0.4, 0.5) is 4.79 Å². The number of nitrogens with two attached hydrogens (primary N) is 1. The molecule has 0 aliphatic carbocycles. The Morgan fingerprint density at radius 1 is 1.19 bits per heavy atom. The van der Waals surface area contributed by atoms with Crippen molar-refractivity contribution in [3.8, 4) is 0 Å². The number of urea groups is 1. The van der Waals surface area contributed by atoms with Gasteiger partial charge in [0.25, 0.3) is 0 Å². The Balaban J connectivity index is 1.46. The van der Waals surface area contributed by atoms with Gasteiger partial charge < -0.3 is 20.4 Å². The Morgan fingerprint density at radius 2 is 2.00 bits per heavy atom. The van der Waals surface area contributed by atoms with Gasteiger partial charge in [-0.25, -0.2) is 4.79 Å². The van der Waals surface area contributed by atoms with Gasteiger partial charge in [-0.05, 0) is 18.4 Å². The van der Waals surface area contributed by atoms with E-state index in [1.807, 2.05) is 34.9 Å². The molecule has 1 aliphatic rings. The number of carbonyl (C=O) groups excluding carboxylic acids is 3. The standard InChI is InChI=1S/C21H28N6O4S/c22-17(28)8-9-18-25-26-21(27(18)14-16-7-4-11-31-16)32-12-10-19(29)24-20(30)23-13-15-5-2-1-3-6-15/h1-3,5-6,16H,4,7-14H2,(H2,22,28)(H2,23,24,29,30). The van der Waals surface area contributed by atoms with Gasteiger partial charge in [-0.15, -0.1) is 10.2 Å². The number of nitrogens with zero attached hydrogens (tertiary/aromatic N) is 3. The number of amides is 4. The number of hydrogen-bond acceptors (Lipinski definition) is 7. The largest absolute Gasteiger partial charge is 0.376 e. The average molecular weight is 461 g/mol. The van der Waals surface area contributed by atoms with Crippen LogP contribution >= 0.6 is 11.8 Å². The Hall–Kier alpha value is -2.92. The predicted molar refractivity (Wildman–Crippen MR) is 119 cm³/mol. The molecular formula is C21H28N6O4S. The van der Waals surface area contributed by atoms with Gasteiger partial charge in [-0.2, -0.15) is 0 Å². The van der Waals surface area contributed by atoms with E-state index in [-0.39, 0.29) is 24.9 Å². The van der Waals surface area contributed by atoms with Crippen LogP contribution in [0.1, 0.15) is 37.1 Å². The average Bonchev–Trinajstić information content (AvgIpc) is 3.42. The highest BCUT2D eigenvalue weighted by molar-refractivity contribution is 7.99. The number of aryl methyl sites for hydroxylation is 1. The Kier molecular flexibility index (Phi) is 9.05. The van der Waals surface area contributed by atoms with Crippen molar-refractivity contribution >= 4 is 29.6 Å². The van der Waals surface area contributed by atoms with Crippen LogP contribution in [0.5, 0.6) is 0 Å². The molecular weight excluding hydrogens is 432 g/mol. The van der Waals surface area contributed by atoms with Gasteiger partial charge in [0.05, 0.1) is 12.6 Å². The van der Waals surface area contributed by atoms with Gasteiger partial charge in [0.15, 0.2) is 5.16 Å². The molecule has 0 radical (unpaired) electrons. The number of primary amides is 1. The Morgan fingerprint density at radius 3 is 2.72 bits per heavy atom. The molecule has 1 aliphatic heterocycles. The first-order chi connectivity index (χ1) is 15.5. The van der Waals surface area contributed by atoms with E-state index in [4.69, 9.17) is 10.5 Å². The van der Waals surface area contributed by atoms with Crippen LogP contribution in [0.25, 0.3) is 0 Å². The van der Waals surface area contributed by atoms with Crippen LogP contribution in [-0.4, -0.2) is 51.1 Å². The molecule has 3 rings (SSSR count). The zero-order valence-corrected chi connectivity index (χ0v) is 18.6. The lowest BCUT2D eigenvalue weighted by molar-refractivity contribution is -0.120. The number of ether oxygens (including phenoxy) is 1. The molecule has 1 unspecified atom stereocenters. The van der Waals surface area contributed by atoms with E-state index >= 15 is 0 Å². The highest BCUT2D eigenvalue weighted by Crippen LogP contribution is 2.22. The maximum atomic E-state index is 12.1. The van der Waals surface area contributed by atoms with Crippen LogP contribution in [0.3, 0.4) is 0 Å². The normalized spacial score (nSPS) is 15.4. The number of imide groups is 1. The third-order valence-corrected chi connectivity index (χ3v) is 5.88. The highest BCUT2D eigenvalue weighted by atomic mass is 32.2. The molecule has 0 bridgehead atoms. The lowest BCUT2D eigenvalue weighted by Crippen LogP contribution is -2.39. The van der Waals surface area contributed by atoms with E-state index in [1.165, 1.54) is 11.8 Å². The summed E-state index contributed by atoms with van der Waals surface area (Å²) in [5.74, 6) is 0.332. The fourth-order valence-corrected chi connectivity index (χ4v) is 4.17. The third kappa shape index (κ3) is 7.65. The highest BCUT2D eigenvalue weighted by Gasteiger charge is 2.21. The summed E-state index contributed by atoms with van der Waals surface area (Å²) in [6.45, 7) is 1.67. The minimum absolute atomic E-state index is 0.0780. The van der Waals surface area contributed by atoms with Gasteiger partial charge >= 0.3 is 6.03 Å². The summed E-state index contributed by atoms with van der Waals surface area (Å²) in [5, 5.41) is 14.1. The summed E-state index contributed by atoms with van der Waals surface area (Å²) in [4.78, 5) is 35.2. The van der Waals surface area contributed by atoms with E-state index < -0.39 is 11.9 Å². The second-order valence-corrected chi connectivity index (χ2v) is 8.49. The molecule has 1 saturated heterocycles. The third-order valence-electron chi connectivity index (χ3n) is 4.91. The van der Waals surface area contributed by atoms with E-state index in [9.17, 15) is 14.4 Å². The number of rotatable bonds is 11. The van der Waals surface area contributed by atoms with Crippen LogP contribution < -0.4 is 16.4 Å². The van der Waals surface area contributed by atoms with Crippen molar-refractivity contribution in [2.24, 2.45) is 5.73 Å². The Labute approximate surface area is 190 Å². The molecule has 32 heavy (non-hydrogen) atoms. The second kappa shape index (κ2) is 12.2. The number of hydrogen-bond donors (Lipinski definition) is 3. The van der Waals surface area contributed by atoms with Crippen molar-refractivity contribution in [2.75, 3.05) is 12.4 Å². The number of benzene rings is 1. The van der Waals surface area contributed by atoms with Gasteiger partial charge in [0.1, 0.15) is 5.82 Å². The molecule has 0 saturated carbocycles. The summed E-state index contributed by atoms with van der Waals surface area (Å²) >= 11 is 1.38. The first kappa shape index (κ1) is 23.7. The molecule has 10 nitrogen and oxygen atoms in total. The molecule has 1 aromatic heterocycles. The van der Waals surface area contributed by atoms with Crippen LogP contribution in [-0.2, 0) is 33.8 Å². The number of thioether (sulfide) groups is 1. The molecule has 4 N–H and O–H groups in total. The summed E-state index contributed by atoms with van der Waals surface area (Å²) < 4.78 is 7.66. The molecule has 11 heteroatoms. The first-order valence-electron chi connectivity index (χ1n) is 10.6. The fraction of sp³-hybridized carbons (Fsp3) is 0.476. The van der Waals surface area contributed by atoms with E-state index in [1.54, 1.807) is 0 Å². The molecule has 2 heterocycles. The van der Waals surface area contributed by atoms with Crippen molar-refractivity contribution in [1.29, 1.82) is 0 Å². The summed E-state index contributed by atoms with van der Waals surface area (Å²) in [5.41, 5.74) is 6.21. The van der Waals surface area contributed by atoms with Crippen molar-refractivity contribution in [1.82, 2.24) is 25.4 Å². The minimum Gasteiger partial charge on any atom is -0.376 e. The Bertz CT molecular complexity index is 914. The van der Waals surface area contributed by atoms with Gasteiger partial charge in [-0.1, -0.05) is 42.1 Å². The molecule has 172 valence electrons. The maximum absolute atomic E-state index is 12.1. The summed E-state index contributed by atoms with van der Waals surface area (Å²) in [7, 11) is 0. The van der Waals surface area contributed by atoms with Crippen molar-refractivity contribution in [3.63, 3.8) is 0 Å². The second-order valence-electron chi connectivity index (χ2n) is 7.43. The molecule has 1 atom stereocenters.